The maximum absolute atomic E-state index is 10.4. The predicted molar refractivity (Wildman–Crippen MR) is 57.6 cm³/mol. The van der Waals surface area contributed by atoms with Crippen molar-refractivity contribution in [3.63, 3.8) is 0 Å². The average molecular weight is 190 g/mol. The van der Waals surface area contributed by atoms with Crippen molar-refractivity contribution in [1.82, 2.24) is 0 Å². The number of allylic oxidation sites excluding steroid dienone is 3. The zero-order valence-corrected chi connectivity index (χ0v) is 8.86. The predicted octanol–water partition coefficient (Wildman–Crippen LogP) is 1.13. The highest BCUT2D eigenvalue weighted by Gasteiger charge is 2.46. The number of nitrogens with zero attached hydrogens (tertiary/aromatic N) is 1. The van der Waals surface area contributed by atoms with Gasteiger partial charge in [0.25, 0.3) is 0 Å². The first-order valence-corrected chi connectivity index (χ1v) is 4.87. The van der Waals surface area contributed by atoms with E-state index in [0.29, 0.717) is 0 Å². The van der Waals surface area contributed by atoms with Crippen LogP contribution in [0.2, 0.25) is 0 Å². The Morgan fingerprint density at radius 2 is 2.07 bits per heavy atom. The van der Waals surface area contributed by atoms with Crippen LogP contribution < -0.4 is 0 Å². The molecule has 0 heterocycles. The van der Waals surface area contributed by atoms with Crippen LogP contribution in [0.25, 0.3) is 0 Å². The van der Waals surface area contributed by atoms with Gasteiger partial charge in [-0.25, -0.2) is 4.58 Å². The van der Waals surface area contributed by atoms with E-state index in [1.54, 1.807) is 0 Å². The van der Waals surface area contributed by atoms with Crippen LogP contribution in [-0.2, 0) is 0 Å². The molecule has 0 saturated carbocycles. The monoisotopic (exact) mass is 190 g/mol. The lowest BCUT2D eigenvalue weighted by Crippen LogP contribution is -2.41. The summed E-state index contributed by atoms with van der Waals surface area (Å²) in [5.41, 5.74) is 1.41. The molecule has 0 radical (unpaired) electrons. The van der Waals surface area contributed by atoms with E-state index in [4.69, 9.17) is 0 Å². The van der Waals surface area contributed by atoms with Gasteiger partial charge in [-0.2, -0.15) is 0 Å². The third-order valence-corrected chi connectivity index (χ3v) is 2.97. The summed E-state index contributed by atoms with van der Waals surface area (Å²) in [5.74, 6) is 0.116. The summed E-state index contributed by atoms with van der Waals surface area (Å²) in [6.45, 7) is 1.88. The van der Waals surface area contributed by atoms with E-state index in [1.807, 2.05) is 37.7 Å². The Bertz CT molecular complexity index is 379. The zero-order chi connectivity index (χ0) is 10.3. The number of hydrogen-bond donors (Lipinski definition) is 1. The van der Waals surface area contributed by atoms with Crippen LogP contribution in [0.5, 0.6) is 0 Å². The van der Waals surface area contributed by atoms with Gasteiger partial charge < -0.3 is 5.11 Å². The number of rotatable bonds is 0. The summed E-state index contributed by atoms with van der Waals surface area (Å²) in [4.78, 5) is 0. The van der Waals surface area contributed by atoms with Crippen molar-refractivity contribution < 1.29 is 9.68 Å². The van der Waals surface area contributed by atoms with Gasteiger partial charge in [0.05, 0.1) is 0 Å². The van der Waals surface area contributed by atoms with Crippen LogP contribution in [0.1, 0.15) is 6.92 Å². The zero-order valence-electron chi connectivity index (χ0n) is 8.86. The van der Waals surface area contributed by atoms with Gasteiger partial charge in [0, 0.05) is 12.0 Å². The van der Waals surface area contributed by atoms with E-state index in [-0.39, 0.29) is 5.92 Å². The lowest BCUT2D eigenvalue weighted by atomic mass is 9.85. The molecule has 2 aliphatic carbocycles. The lowest BCUT2D eigenvalue weighted by molar-refractivity contribution is -0.468. The standard InChI is InChI=1S/C12H16NO/c1-12(14)10-7-5-4-6-9(10)8-11(12)13(2)3/h4-8,10,14H,1-3H3/q+1. The largest absolute Gasteiger partial charge is 0.378 e. The van der Waals surface area contributed by atoms with Gasteiger partial charge in [-0.1, -0.05) is 24.3 Å². The molecule has 0 amide bonds. The van der Waals surface area contributed by atoms with Gasteiger partial charge in [0.15, 0.2) is 5.60 Å². The van der Waals surface area contributed by atoms with Gasteiger partial charge in [0.1, 0.15) is 14.1 Å². The third kappa shape index (κ3) is 1.18. The van der Waals surface area contributed by atoms with Crippen molar-refractivity contribution in [2.45, 2.75) is 12.5 Å². The highest BCUT2D eigenvalue weighted by molar-refractivity contribution is 6.02. The molecule has 0 bridgehead atoms. The van der Waals surface area contributed by atoms with Crippen LogP contribution >= 0.6 is 0 Å². The van der Waals surface area contributed by atoms with Gasteiger partial charge in [-0.3, -0.25) is 0 Å². The Morgan fingerprint density at radius 3 is 2.64 bits per heavy atom. The first-order valence-electron chi connectivity index (χ1n) is 4.87. The van der Waals surface area contributed by atoms with Gasteiger partial charge in [-0.15, -0.1) is 0 Å². The Morgan fingerprint density at radius 1 is 1.36 bits per heavy atom. The van der Waals surface area contributed by atoms with Crippen molar-refractivity contribution in [2.24, 2.45) is 5.92 Å². The van der Waals surface area contributed by atoms with E-state index in [2.05, 4.69) is 18.2 Å². The van der Waals surface area contributed by atoms with E-state index >= 15 is 0 Å². The molecule has 0 fully saturated rings. The second kappa shape index (κ2) is 2.92. The number of aliphatic hydroxyl groups is 1. The maximum atomic E-state index is 10.4. The summed E-state index contributed by atoms with van der Waals surface area (Å²) in [6, 6.07) is 0. The molecule has 2 rings (SSSR count). The average Bonchev–Trinajstić information content (AvgIpc) is 2.39. The van der Waals surface area contributed by atoms with Crippen molar-refractivity contribution in [3.8, 4) is 0 Å². The van der Waals surface area contributed by atoms with E-state index in [9.17, 15) is 5.11 Å². The summed E-state index contributed by atoms with van der Waals surface area (Å²) < 4.78 is 1.98. The molecule has 14 heavy (non-hydrogen) atoms. The van der Waals surface area contributed by atoms with E-state index in [0.717, 1.165) is 5.71 Å². The minimum Gasteiger partial charge on any atom is -0.378 e. The Hall–Kier alpha value is -1.15. The molecule has 74 valence electrons. The molecule has 0 spiro atoms. The molecular formula is C12H16NO+. The van der Waals surface area contributed by atoms with Crippen LogP contribution in [0.4, 0.5) is 0 Å². The molecule has 1 N–H and O–H groups in total. The molecule has 0 aromatic carbocycles. The van der Waals surface area contributed by atoms with Gasteiger partial charge in [-0.05, 0) is 12.5 Å². The van der Waals surface area contributed by atoms with Crippen LogP contribution in [-0.4, -0.2) is 35.1 Å². The molecule has 2 unspecified atom stereocenters. The molecule has 0 saturated heterocycles. The smallest absolute Gasteiger partial charge is 0.208 e. The fourth-order valence-corrected chi connectivity index (χ4v) is 2.25. The first kappa shape index (κ1) is 9.41. The summed E-state index contributed by atoms with van der Waals surface area (Å²) >= 11 is 0. The Balaban J connectivity index is 2.53. The topological polar surface area (TPSA) is 23.2 Å². The van der Waals surface area contributed by atoms with Crippen LogP contribution in [0.15, 0.2) is 36.0 Å². The minimum atomic E-state index is -0.764. The van der Waals surface area contributed by atoms with Crippen molar-refractivity contribution in [1.29, 1.82) is 0 Å². The molecule has 2 nitrogen and oxygen atoms in total. The van der Waals surface area contributed by atoms with E-state index in [1.165, 1.54) is 5.57 Å². The molecule has 2 aliphatic rings. The van der Waals surface area contributed by atoms with E-state index < -0.39 is 5.60 Å². The quantitative estimate of drug-likeness (QED) is 0.569. The number of fused-ring (bicyclic) bond motifs is 1. The van der Waals surface area contributed by atoms with Gasteiger partial charge in [0.2, 0.25) is 5.71 Å². The summed E-state index contributed by atoms with van der Waals surface area (Å²) in [6.07, 6.45) is 10.2. The van der Waals surface area contributed by atoms with Crippen molar-refractivity contribution >= 4 is 5.71 Å². The summed E-state index contributed by atoms with van der Waals surface area (Å²) in [5, 5.41) is 10.4. The van der Waals surface area contributed by atoms with Crippen molar-refractivity contribution in [2.75, 3.05) is 14.1 Å². The second-order valence-corrected chi connectivity index (χ2v) is 4.29. The molecule has 2 heteroatoms. The second-order valence-electron chi connectivity index (χ2n) is 4.29. The first-order chi connectivity index (χ1) is 6.53. The molecule has 0 aliphatic heterocycles. The van der Waals surface area contributed by atoms with Crippen LogP contribution in [0, 0.1) is 5.92 Å². The van der Waals surface area contributed by atoms with Crippen LogP contribution in [0.3, 0.4) is 0 Å². The Labute approximate surface area is 84.6 Å². The SMILES string of the molecule is C[N+](C)=C1C=C2C=CC=CC2C1(C)O. The fourth-order valence-electron chi connectivity index (χ4n) is 2.25. The lowest BCUT2D eigenvalue weighted by Gasteiger charge is -2.24. The normalized spacial score (nSPS) is 34.4. The Kier molecular flexibility index (Phi) is 1.96. The maximum Gasteiger partial charge on any atom is 0.208 e. The highest BCUT2D eigenvalue weighted by atomic mass is 16.3. The van der Waals surface area contributed by atoms with Gasteiger partial charge >= 0.3 is 0 Å². The van der Waals surface area contributed by atoms with Crippen molar-refractivity contribution in [3.05, 3.63) is 36.0 Å². The molecule has 0 aromatic rings. The molecule has 2 atom stereocenters. The fraction of sp³-hybridized carbons (Fsp3) is 0.417. The molecule has 0 aromatic heterocycles. The molecular weight excluding hydrogens is 174 g/mol. The highest BCUT2D eigenvalue weighted by Crippen LogP contribution is 2.36. The third-order valence-electron chi connectivity index (χ3n) is 2.97. The minimum absolute atomic E-state index is 0.116. The number of hydrogen-bond acceptors (Lipinski definition) is 1. The summed E-state index contributed by atoms with van der Waals surface area (Å²) in [7, 11) is 3.93.